The maximum absolute atomic E-state index is 12.9. The zero-order valence-corrected chi connectivity index (χ0v) is 19.0. The summed E-state index contributed by atoms with van der Waals surface area (Å²) in [4.78, 5) is 14.7. The topological polar surface area (TPSA) is 59.0 Å². The summed E-state index contributed by atoms with van der Waals surface area (Å²) in [6.07, 6.45) is 6.68. The second kappa shape index (κ2) is 10.5. The van der Waals surface area contributed by atoms with Gasteiger partial charge in [0.15, 0.2) is 0 Å². The molecular formula is C27H35NO4. The Morgan fingerprint density at radius 3 is 2.34 bits per heavy atom. The van der Waals surface area contributed by atoms with Crippen molar-refractivity contribution in [1.82, 2.24) is 4.90 Å². The van der Waals surface area contributed by atoms with Crippen molar-refractivity contribution in [3.05, 3.63) is 71.3 Å². The Bertz CT molecular complexity index is 853. The Morgan fingerprint density at radius 1 is 1.00 bits per heavy atom. The lowest BCUT2D eigenvalue weighted by molar-refractivity contribution is -0.136. The summed E-state index contributed by atoms with van der Waals surface area (Å²) in [6, 6.07) is 17.7. The highest BCUT2D eigenvalue weighted by Crippen LogP contribution is 2.41. The number of aryl methyl sites for hydroxylation is 1. The van der Waals surface area contributed by atoms with E-state index in [4.69, 9.17) is 9.47 Å². The van der Waals surface area contributed by atoms with Crippen LogP contribution in [-0.2, 0) is 28.1 Å². The second-order valence-corrected chi connectivity index (χ2v) is 9.24. The molecule has 32 heavy (non-hydrogen) atoms. The first-order valence-corrected chi connectivity index (χ1v) is 12.0. The SMILES string of the molecule is CCCCCCc1ccc(C2(O)CC3COCC(C2)N3C(=O)OCc2ccccc2)cc1. The van der Waals surface area contributed by atoms with E-state index >= 15 is 0 Å². The monoisotopic (exact) mass is 437 g/mol. The van der Waals surface area contributed by atoms with E-state index in [9.17, 15) is 9.90 Å². The van der Waals surface area contributed by atoms with Crippen LogP contribution >= 0.6 is 0 Å². The Balaban J connectivity index is 1.39. The van der Waals surface area contributed by atoms with Crippen molar-refractivity contribution in [2.24, 2.45) is 0 Å². The van der Waals surface area contributed by atoms with Gasteiger partial charge in [0.2, 0.25) is 0 Å². The highest BCUT2D eigenvalue weighted by atomic mass is 16.6. The van der Waals surface area contributed by atoms with E-state index in [-0.39, 0.29) is 24.8 Å². The number of nitrogens with zero attached hydrogens (tertiary/aromatic N) is 1. The van der Waals surface area contributed by atoms with Crippen molar-refractivity contribution >= 4 is 6.09 Å². The summed E-state index contributed by atoms with van der Waals surface area (Å²) in [5.41, 5.74) is 2.27. The number of carbonyl (C=O) groups excluding carboxylic acids is 1. The van der Waals surface area contributed by atoms with Crippen LogP contribution in [0.15, 0.2) is 54.6 Å². The molecule has 0 spiro atoms. The maximum Gasteiger partial charge on any atom is 0.410 e. The summed E-state index contributed by atoms with van der Waals surface area (Å²) >= 11 is 0. The maximum atomic E-state index is 12.9. The largest absolute Gasteiger partial charge is 0.445 e. The fourth-order valence-corrected chi connectivity index (χ4v) is 5.04. The minimum Gasteiger partial charge on any atom is -0.445 e. The number of benzene rings is 2. The van der Waals surface area contributed by atoms with Gasteiger partial charge in [-0.25, -0.2) is 4.79 Å². The molecule has 2 bridgehead atoms. The Labute approximate surface area is 191 Å². The number of hydrogen-bond acceptors (Lipinski definition) is 4. The van der Waals surface area contributed by atoms with E-state index in [2.05, 4.69) is 31.2 Å². The molecule has 2 aliphatic heterocycles. The molecule has 2 fully saturated rings. The molecule has 2 heterocycles. The molecule has 5 nitrogen and oxygen atoms in total. The van der Waals surface area contributed by atoms with Crippen molar-refractivity contribution in [1.29, 1.82) is 0 Å². The molecule has 172 valence electrons. The normalized spacial score (nSPS) is 24.9. The number of rotatable bonds is 8. The number of piperidine rings is 1. The van der Waals surface area contributed by atoms with Crippen LogP contribution in [0.25, 0.3) is 0 Å². The van der Waals surface area contributed by atoms with Gasteiger partial charge in [0.1, 0.15) is 6.61 Å². The van der Waals surface area contributed by atoms with Crippen LogP contribution in [0, 0.1) is 0 Å². The molecule has 2 atom stereocenters. The minimum atomic E-state index is -0.948. The third-order valence-electron chi connectivity index (χ3n) is 6.78. The van der Waals surface area contributed by atoms with Crippen LogP contribution in [-0.4, -0.2) is 41.4 Å². The first-order chi connectivity index (χ1) is 15.6. The van der Waals surface area contributed by atoms with Gasteiger partial charge < -0.3 is 14.6 Å². The smallest absolute Gasteiger partial charge is 0.410 e. The Hall–Kier alpha value is -2.37. The van der Waals surface area contributed by atoms with Gasteiger partial charge in [-0.3, -0.25) is 4.90 Å². The van der Waals surface area contributed by atoms with Gasteiger partial charge in [-0.1, -0.05) is 80.8 Å². The van der Waals surface area contributed by atoms with Gasteiger partial charge in [-0.2, -0.15) is 0 Å². The van der Waals surface area contributed by atoms with Gasteiger partial charge in [0.05, 0.1) is 30.9 Å². The predicted octanol–water partition coefficient (Wildman–Crippen LogP) is 5.20. The number of fused-ring (bicyclic) bond motifs is 2. The minimum absolute atomic E-state index is 0.190. The molecule has 0 radical (unpaired) electrons. The number of ether oxygens (including phenoxy) is 2. The Morgan fingerprint density at radius 2 is 1.69 bits per heavy atom. The molecule has 5 heteroatoms. The third-order valence-corrected chi connectivity index (χ3v) is 6.78. The highest BCUT2D eigenvalue weighted by molar-refractivity contribution is 5.69. The van der Waals surface area contributed by atoms with Gasteiger partial charge >= 0.3 is 6.09 Å². The van der Waals surface area contributed by atoms with E-state index < -0.39 is 5.60 Å². The number of morpholine rings is 1. The summed E-state index contributed by atoms with van der Waals surface area (Å²) in [6.45, 7) is 3.33. The van der Waals surface area contributed by atoms with Gasteiger partial charge in [-0.05, 0) is 29.5 Å². The molecule has 2 saturated heterocycles. The van der Waals surface area contributed by atoms with E-state index in [1.807, 2.05) is 30.3 Å². The van der Waals surface area contributed by atoms with Gasteiger partial charge in [0, 0.05) is 12.8 Å². The van der Waals surface area contributed by atoms with Crippen molar-refractivity contribution in [2.45, 2.75) is 76.2 Å². The average molecular weight is 438 g/mol. The fraction of sp³-hybridized carbons (Fsp3) is 0.519. The molecule has 0 saturated carbocycles. The summed E-state index contributed by atoms with van der Waals surface area (Å²) in [5.74, 6) is 0. The first kappa shape index (κ1) is 22.8. The lowest BCUT2D eigenvalue weighted by atomic mass is 9.77. The number of aliphatic hydroxyl groups is 1. The lowest BCUT2D eigenvalue weighted by Gasteiger charge is -2.51. The van der Waals surface area contributed by atoms with Gasteiger partial charge in [0.25, 0.3) is 0 Å². The Kier molecular flexibility index (Phi) is 7.48. The zero-order valence-electron chi connectivity index (χ0n) is 19.0. The van der Waals surface area contributed by atoms with Crippen LogP contribution < -0.4 is 0 Å². The van der Waals surface area contributed by atoms with Crippen LogP contribution in [0.4, 0.5) is 4.79 Å². The van der Waals surface area contributed by atoms with Crippen molar-refractivity contribution in [3.63, 3.8) is 0 Å². The molecule has 1 N–H and O–H groups in total. The van der Waals surface area contributed by atoms with Crippen molar-refractivity contribution < 1.29 is 19.4 Å². The molecule has 2 unspecified atom stereocenters. The number of amides is 1. The van der Waals surface area contributed by atoms with Crippen LogP contribution in [0.3, 0.4) is 0 Å². The van der Waals surface area contributed by atoms with Crippen molar-refractivity contribution in [2.75, 3.05) is 13.2 Å². The lowest BCUT2D eigenvalue weighted by Crippen LogP contribution is -2.62. The van der Waals surface area contributed by atoms with Crippen molar-refractivity contribution in [3.8, 4) is 0 Å². The predicted molar refractivity (Wildman–Crippen MR) is 124 cm³/mol. The average Bonchev–Trinajstić information content (AvgIpc) is 2.81. The quantitative estimate of drug-likeness (QED) is 0.577. The standard InChI is InChI=1S/C27H35NO4/c1-2-3-4-6-9-21-12-14-23(15-13-21)27(30)16-24-19-31-20-25(17-27)28(24)26(29)32-18-22-10-7-5-8-11-22/h5,7-8,10-15,24-25,30H,2-4,6,9,16-20H2,1H3. The first-order valence-electron chi connectivity index (χ1n) is 12.0. The summed E-state index contributed by atoms with van der Waals surface area (Å²) in [7, 11) is 0. The van der Waals surface area contributed by atoms with Crippen LogP contribution in [0.5, 0.6) is 0 Å². The van der Waals surface area contributed by atoms with E-state index in [1.54, 1.807) is 4.90 Å². The molecule has 0 aliphatic carbocycles. The molecule has 2 aromatic rings. The molecule has 1 amide bonds. The van der Waals surface area contributed by atoms with E-state index in [1.165, 1.54) is 31.2 Å². The summed E-state index contributed by atoms with van der Waals surface area (Å²) < 4.78 is 11.3. The number of carbonyl (C=O) groups is 1. The van der Waals surface area contributed by atoms with Crippen LogP contribution in [0.2, 0.25) is 0 Å². The third kappa shape index (κ3) is 5.33. The number of hydrogen-bond donors (Lipinski definition) is 1. The molecule has 2 aliphatic rings. The van der Waals surface area contributed by atoms with E-state index in [0.717, 1.165) is 17.5 Å². The molecule has 2 aromatic carbocycles. The molecular weight excluding hydrogens is 402 g/mol. The molecule has 4 rings (SSSR count). The number of unbranched alkanes of at least 4 members (excludes halogenated alkanes) is 3. The fourth-order valence-electron chi connectivity index (χ4n) is 5.04. The molecule has 0 aromatic heterocycles. The van der Waals surface area contributed by atoms with Gasteiger partial charge in [-0.15, -0.1) is 0 Å². The van der Waals surface area contributed by atoms with Crippen LogP contribution in [0.1, 0.15) is 62.1 Å². The highest BCUT2D eigenvalue weighted by Gasteiger charge is 2.49. The summed E-state index contributed by atoms with van der Waals surface area (Å²) in [5, 5.41) is 11.6. The second-order valence-electron chi connectivity index (χ2n) is 9.24. The zero-order chi connectivity index (χ0) is 22.4. The van der Waals surface area contributed by atoms with E-state index in [0.29, 0.717) is 26.1 Å².